The summed E-state index contributed by atoms with van der Waals surface area (Å²) in [7, 11) is 1.68. The van der Waals surface area contributed by atoms with Crippen LogP contribution in [-0.2, 0) is 17.8 Å². The molecule has 0 bridgehead atoms. The van der Waals surface area contributed by atoms with Gasteiger partial charge in [0, 0.05) is 19.4 Å². The van der Waals surface area contributed by atoms with Crippen LogP contribution in [0.15, 0.2) is 66.7 Å². The second-order valence-electron chi connectivity index (χ2n) is 8.99. The number of halogens is 4. The monoisotopic (exact) mass is 472 g/mol. The van der Waals surface area contributed by atoms with Crippen molar-refractivity contribution in [2.45, 2.75) is 50.6 Å². The van der Waals surface area contributed by atoms with Crippen LogP contribution in [0.5, 0.6) is 0 Å². The highest BCUT2D eigenvalue weighted by atomic mass is 35.5. The van der Waals surface area contributed by atoms with E-state index in [1.54, 1.807) is 7.11 Å². The van der Waals surface area contributed by atoms with Gasteiger partial charge < -0.3 is 4.74 Å². The van der Waals surface area contributed by atoms with Gasteiger partial charge in [0.05, 0.1) is 11.6 Å². The lowest BCUT2D eigenvalue weighted by Gasteiger charge is -2.34. The average molecular weight is 473 g/mol. The molecule has 0 unspecified atom stereocenters. The molecular formula is C28H28ClF3O. The van der Waals surface area contributed by atoms with Crippen molar-refractivity contribution in [3.05, 3.63) is 94.3 Å². The Bertz CT molecular complexity index is 1060. The predicted molar refractivity (Wildman–Crippen MR) is 127 cm³/mol. The molecular weight excluding hydrogens is 445 g/mol. The first-order chi connectivity index (χ1) is 15.9. The quantitative estimate of drug-likeness (QED) is 0.335. The normalized spacial score (nSPS) is 18.9. The van der Waals surface area contributed by atoms with Gasteiger partial charge in [-0.05, 0) is 71.6 Å². The summed E-state index contributed by atoms with van der Waals surface area (Å²) in [4.78, 5) is 0. The van der Waals surface area contributed by atoms with E-state index < -0.39 is 24.1 Å². The Morgan fingerprint density at radius 1 is 0.848 bits per heavy atom. The lowest BCUT2D eigenvalue weighted by molar-refractivity contribution is -0.0715. The molecule has 0 spiro atoms. The fourth-order valence-corrected chi connectivity index (χ4v) is 4.94. The lowest BCUT2D eigenvalue weighted by atomic mass is 9.75. The smallest absolute Gasteiger partial charge is 0.254 e. The fraction of sp³-hybridized carbons (Fsp3) is 0.357. The number of ether oxygens (including phenoxy) is 1. The zero-order chi connectivity index (χ0) is 23.4. The van der Waals surface area contributed by atoms with Gasteiger partial charge in [0.2, 0.25) is 0 Å². The fourth-order valence-electron chi connectivity index (χ4n) is 4.82. The van der Waals surface area contributed by atoms with E-state index in [2.05, 4.69) is 48.5 Å². The molecule has 1 fully saturated rings. The van der Waals surface area contributed by atoms with E-state index >= 15 is 0 Å². The molecule has 0 heterocycles. The first-order valence-corrected chi connectivity index (χ1v) is 11.7. The molecule has 174 valence electrons. The van der Waals surface area contributed by atoms with E-state index in [0.717, 1.165) is 35.6 Å². The topological polar surface area (TPSA) is 9.23 Å². The number of methoxy groups -OCH3 is 1. The SMILES string of the molecule is COCc1ccc(-c2ccc(C3CCC(C(F)(F)Cc4ccc(Cl)c(F)c4)CC3)cc2)cc1. The maximum atomic E-state index is 14.9. The molecule has 1 nitrogen and oxygen atoms in total. The highest BCUT2D eigenvalue weighted by Gasteiger charge is 2.41. The number of rotatable bonds is 7. The molecule has 3 aromatic rings. The summed E-state index contributed by atoms with van der Waals surface area (Å²) in [5.41, 5.74) is 4.90. The van der Waals surface area contributed by atoms with E-state index in [4.69, 9.17) is 16.3 Å². The summed E-state index contributed by atoms with van der Waals surface area (Å²) in [6.07, 6.45) is 1.96. The maximum Gasteiger partial charge on any atom is 0.254 e. The predicted octanol–water partition coefficient (Wildman–Crippen LogP) is 8.44. The second kappa shape index (κ2) is 10.3. The summed E-state index contributed by atoms with van der Waals surface area (Å²) in [5.74, 6) is -3.90. The van der Waals surface area contributed by atoms with Crippen molar-refractivity contribution in [1.29, 1.82) is 0 Å². The van der Waals surface area contributed by atoms with E-state index in [1.165, 1.54) is 17.7 Å². The molecule has 1 saturated carbocycles. The van der Waals surface area contributed by atoms with Gasteiger partial charge in [-0.2, -0.15) is 0 Å². The molecule has 0 aromatic heterocycles. The van der Waals surface area contributed by atoms with E-state index in [-0.39, 0.29) is 10.6 Å². The van der Waals surface area contributed by atoms with Crippen LogP contribution >= 0.6 is 11.6 Å². The van der Waals surface area contributed by atoms with Crippen LogP contribution < -0.4 is 0 Å². The molecule has 1 aliphatic rings. The molecule has 5 heteroatoms. The van der Waals surface area contributed by atoms with Crippen LogP contribution in [0.4, 0.5) is 13.2 Å². The molecule has 1 aliphatic carbocycles. The van der Waals surface area contributed by atoms with Crippen molar-refractivity contribution in [2.24, 2.45) is 5.92 Å². The van der Waals surface area contributed by atoms with Crippen LogP contribution in [0.3, 0.4) is 0 Å². The van der Waals surface area contributed by atoms with Crippen LogP contribution in [0.1, 0.15) is 48.3 Å². The first kappa shape index (κ1) is 23.8. The molecule has 0 saturated heterocycles. The second-order valence-corrected chi connectivity index (χ2v) is 9.39. The van der Waals surface area contributed by atoms with Gasteiger partial charge in [-0.3, -0.25) is 0 Å². The Morgan fingerprint density at radius 2 is 1.42 bits per heavy atom. The minimum atomic E-state index is -2.86. The highest BCUT2D eigenvalue weighted by molar-refractivity contribution is 6.30. The summed E-state index contributed by atoms with van der Waals surface area (Å²) in [5, 5.41) is -0.0447. The maximum absolute atomic E-state index is 14.9. The lowest BCUT2D eigenvalue weighted by Crippen LogP contribution is -2.33. The van der Waals surface area contributed by atoms with E-state index in [9.17, 15) is 13.2 Å². The third kappa shape index (κ3) is 5.80. The number of alkyl halides is 2. The van der Waals surface area contributed by atoms with Gasteiger partial charge in [0.15, 0.2) is 0 Å². The molecule has 3 aromatic carbocycles. The van der Waals surface area contributed by atoms with Crippen molar-refractivity contribution in [3.8, 4) is 11.1 Å². The summed E-state index contributed by atoms with van der Waals surface area (Å²) in [6, 6.07) is 20.7. The van der Waals surface area contributed by atoms with Crippen LogP contribution in [0, 0.1) is 11.7 Å². The van der Waals surface area contributed by atoms with Gasteiger partial charge in [-0.15, -0.1) is 0 Å². The molecule has 0 aliphatic heterocycles. The zero-order valence-corrected chi connectivity index (χ0v) is 19.4. The van der Waals surface area contributed by atoms with Crippen molar-refractivity contribution >= 4 is 11.6 Å². The highest BCUT2D eigenvalue weighted by Crippen LogP contribution is 2.44. The third-order valence-corrected chi connectivity index (χ3v) is 7.04. The molecule has 0 atom stereocenters. The Labute approximate surface area is 198 Å². The van der Waals surface area contributed by atoms with Crippen LogP contribution in [0.2, 0.25) is 5.02 Å². The Kier molecular flexibility index (Phi) is 7.45. The van der Waals surface area contributed by atoms with Crippen molar-refractivity contribution in [3.63, 3.8) is 0 Å². The standard InChI is InChI=1S/C28H28ClF3O/c1-33-18-19-2-5-21(6-3-19)22-7-9-23(10-8-22)24-11-13-25(14-12-24)28(31,32)17-20-4-15-26(29)27(30)16-20/h2-10,15-16,24-25H,11-14,17-18H2,1H3. The van der Waals surface area contributed by atoms with Crippen LogP contribution in [-0.4, -0.2) is 13.0 Å². The Morgan fingerprint density at radius 3 is 2.00 bits per heavy atom. The van der Waals surface area contributed by atoms with Crippen molar-refractivity contribution in [2.75, 3.05) is 7.11 Å². The summed E-state index contributed by atoms with van der Waals surface area (Å²) in [6.45, 7) is 0.595. The Balaban J connectivity index is 1.35. The first-order valence-electron chi connectivity index (χ1n) is 11.4. The third-order valence-electron chi connectivity index (χ3n) is 6.73. The van der Waals surface area contributed by atoms with Gasteiger partial charge in [0.25, 0.3) is 5.92 Å². The zero-order valence-electron chi connectivity index (χ0n) is 18.7. The average Bonchev–Trinajstić information content (AvgIpc) is 2.82. The number of hydrogen-bond acceptors (Lipinski definition) is 1. The van der Waals surface area contributed by atoms with Gasteiger partial charge in [-0.1, -0.05) is 66.2 Å². The van der Waals surface area contributed by atoms with Crippen LogP contribution in [0.25, 0.3) is 11.1 Å². The van der Waals surface area contributed by atoms with Crippen molar-refractivity contribution < 1.29 is 17.9 Å². The largest absolute Gasteiger partial charge is 0.380 e. The summed E-state index contributed by atoms with van der Waals surface area (Å²) < 4.78 is 48.6. The molecule has 33 heavy (non-hydrogen) atoms. The minimum Gasteiger partial charge on any atom is -0.380 e. The number of hydrogen-bond donors (Lipinski definition) is 0. The molecule has 0 N–H and O–H groups in total. The summed E-state index contributed by atoms with van der Waals surface area (Å²) >= 11 is 5.67. The van der Waals surface area contributed by atoms with E-state index in [0.29, 0.717) is 25.4 Å². The Hall–Kier alpha value is -2.30. The van der Waals surface area contributed by atoms with Gasteiger partial charge >= 0.3 is 0 Å². The molecule has 4 rings (SSSR count). The minimum absolute atomic E-state index is 0.0447. The van der Waals surface area contributed by atoms with Gasteiger partial charge in [0.1, 0.15) is 5.82 Å². The molecule has 0 amide bonds. The molecule has 0 radical (unpaired) electrons. The number of benzene rings is 3. The van der Waals surface area contributed by atoms with Crippen molar-refractivity contribution in [1.82, 2.24) is 0 Å². The van der Waals surface area contributed by atoms with Gasteiger partial charge in [-0.25, -0.2) is 13.2 Å². The van der Waals surface area contributed by atoms with E-state index in [1.807, 2.05) is 0 Å².